The number of hydrogen-bond acceptors (Lipinski definition) is 2. The van der Waals surface area contributed by atoms with Gasteiger partial charge in [-0.2, -0.15) is 0 Å². The van der Waals surface area contributed by atoms with Gasteiger partial charge in [0.2, 0.25) is 0 Å². The predicted octanol–water partition coefficient (Wildman–Crippen LogP) is 1.94. The van der Waals surface area contributed by atoms with Gasteiger partial charge in [0.15, 0.2) is 0 Å². The average Bonchev–Trinajstić information content (AvgIpc) is 2.16. The van der Waals surface area contributed by atoms with Crippen molar-refractivity contribution in [3.8, 4) is 0 Å². The van der Waals surface area contributed by atoms with E-state index in [4.69, 9.17) is 0 Å². The highest BCUT2D eigenvalue weighted by molar-refractivity contribution is 9.10. The van der Waals surface area contributed by atoms with Gasteiger partial charge in [-0.25, -0.2) is 0 Å². The van der Waals surface area contributed by atoms with Crippen molar-refractivity contribution in [1.82, 2.24) is 10.6 Å². The molecule has 0 spiro atoms. The van der Waals surface area contributed by atoms with E-state index in [1.54, 1.807) is 0 Å². The maximum Gasteiger partial charge on any atom is 0.0319 e. The summed E-state index contributed by atoms with van der Waals surface area (Å²) in [6, 6.07) is 9.80. The number of nitrogens with one attached hydrogen (secondary N) is 2. The van der Waals surface area contributed by atoms with Gasteiger partial charge in [0.25, 0.3) is 0 Å². The lowest BCUT2D eigenvalue weighted by Crippen LogP contribution is -2.57. The Balaban J connectivity index is 1.82. The smallest absolute Gasteiger partial charge is 0.0319 e. The van der Waals surface area contributed by atoms with Gasteiger partial charge in [0.05, 0.1) is 0 Å². The summed E-state index contributed by atoms with van der Waals surface area (Å²) in [6.07, 6.45) is 1.10. The molecule has 0 amide bonds. The molecule has 0 bridgehead atoms. The third-order valence-electron chi connectivity index (χ3n) is 2.76. The molecule has 1 heterocycles. The van der Waals surface area contributed by atoms with Crippen LogP contribution in [-0.2, 0) is 6.42 Å². The summed E-state index contributed by atoms with van der Waals surface area (Å²) in [5.41, 5.74) is 1.39. The minimum absolute atomic E-state index is 0.554. The summed E-state index contributed by atoms with van der Waals surface area (Å²) in [6.45, 7) is 4.48. The average molecular weight is 269 g/mol. The molecule has 1 aromatic carbocycles. The Morgan fingerprint density at radius 3 is 2.60 bits per heavy atom. The van der Waals surface area contributed by atoms with Crippen molar-refractivity contribution in [2.45, 2.75) is 25.4 Å². The van der Waals surface area contributed by atoms with Crippen LogP contribution in [0.4, 0.5) is 0 Å². The molecule has 1 aliphatic heterocycles. The third-order valence-corrected chi connectivity index (χ3v) is 3.29. The van der Waals surface area contributed by atoms with Gasteiger partial charge < -0.3 is 10.6 Å². The maximum atomic E-state index is 3.61. The molecule has 1 unspecified atom stereocenters. The molecule has 0 aliphatic carbocycles. The van der Waals surface area contributed by atoms with E-state index in [-0.39, 0.29) is 0 Å². The summed E-state index contributed by atoms with van der Waals surface area (Å²) < 4.78 is 1.15. The largest absolute Gasteiger partial charge is 0.314 e. The Morgan fingerprint density at radius 2 is 2.07 bits per heavy atom. The highest BCUT2D eigenvalue weighted by Crippen LogP contribution is 2.12. The number of halogens is 1. The van der Waals surface area contributed by atoms with E-state index in [0.29, 0.717) is 12.1 Å². The lowest BCUT2D eigenvalue weighted by Gasteiger charge is -2.31. The summed E-state index contributed by atoms with van der Waals surface area (Å²) in [5.74, 6) is 0. The van der Waals surface area contributed by atoms with Gasteiger partial charge in [-0.3, -0.25) is 0 Å². The van der Waals surface area contributed by atoms with Gasteiger partial charge in [0, 0.05) is 29.6 Å². The molecule has 1 aliphatic rings. The number of rotatable bonds is 4. The molecule has 0 radical (unpaired) electrons. The fourth-order valence-corrected chi connectivity index (χ4v) is 2.11. The van der Waals surface area contributed by atoms with Crippen LogP contribution in [-0.4, -0.2) is 25.2 Å². The first kappa shape index (κ1) is 11.1. The van der Waals surface area contributed by atoms with Gasteiger partial charge in [0.1, 0.15) is 0 Å². The highest BCUT2D eigenvalue weighted by Gasteiger charge is 2.18. The molecule has 82 valence electrons. The molecule has 2 rings (SSSR count). The van der Waals surface area contributed by atoms with Crippen LogP contribution in [0.15, 0.2) is 28.7 Å². The Bertz CT molecular complexity index is 306. The van der Waals surface area contributed by atoms with E-state index in [0.717, 1.165) is 24.0 Å². The molecule has 3 heteroatoms. The summed E-state index contributed by atoms with van der Waals surface area (Å²) in [7, 11) is 0. The molecule has 2 N–H and O–H groups in total. The van der Waals surface area contributed by atoms with Crippen LogP contribution in [0.25, 0.3) is 0 Å². The standard InChI is InChI=1S/C12H17BrN2/c1-9(15-12-7-14-8-12)6-10-2-4-11(13)5-3-10/h2-5,9,12,14-15H,6-8H2,1H3. The molecule has 0 aromatic heterocycles. The van der Waals surface area contributed by atoms with Crippen molar-refractivity contribution >= 4 is 15.9 Å². The monoisotopic (exact) mass is 268 g/mol. The van der Waals surface area contributed by atoms with Crippen molar-refractivity contribution in [1.29, 1.82) is 0 Å². The van der Waals surface area contributed by atoms with E-state index in [2.05, 4.69) is 57.8 Å². The molecule has 1 aromatic rings. The second-order valence-corrected chi connectivity index (χ2v) is 5.17. The first-order chi connectivity index (χ1) is 7.24. The van der Waals surface area contributed by atoms with E-state index in [9.17, 15) is 0 Å². The normalized spacial score (nSPS) is 18.5. The summed E-state index contributed by atoms with van der Waals surface area (Å²) >= 11 is 3.45. The van der Waals surface area contributed by atoms with Crippen LogP contribution < -0.4 is 10.6 Å². The maximum absolute atomic E-state index is 3.61. The molecule has 1 saturated heterocycles. The van der Waals surface area contributed by atoms with Crippen molar-refractivity contribution in [2.24, 2.45) is 0 Å². The van der Waals surface area contributed by atoms with Crippen molar-refractivity contribution in [2.75, 3.05) is 13.1 Å². The van der Waals surface area contributed by atoms with Crippen LogP contribution in [0.2, 0.25) is 0 Å². The zero-order valence-corrected chi connectivity index (χ0v) is 10.5. The molecule has 1 fully saturated rings. The Morgan fingerprint density at radius 1 is 1.40 bits per heavy atom. The van der Waals surface area contributed by atoms with Gasteiger partial charge in [-0.1, -0.05) is 28.1 Å². The summed E-state index contributed by atoms with van der Waals surface area (Å²) in [5, 5.41) is 6.87. The van der Waals surface area contributed by atoms with Crippen LogP contribution in [0.1, 0.15) is 12.5 Å². The number of hydrogen-bond donors (Lipinski definition) is 2. The first-order valence-corrected chi connectivity index (χ1v) is 6.24. The quantitative estimate of drug-likeness (QED) is 0.873. The van der Waals surface area contributed by atoms with E-state index >= 15 is 0 Å². The number of benzene rings is 1. The molecule has 0 saturated carbocycles. The minimum Gasteiger partial charge on any atom is -0.314 e. The predicted molar refractivity (Wildman–Crippen MR) is 67.1 cm³/mol. The van der Waals surface area contributed by atoms with Crippen molar-refractivity contribution in [3.63, 3.8) is 0 Å². The van der Waals surface area contributed by atoms with E-state index < -0.39 is 0 Å². The van der Waals surface area contributed by atoms with E-state index in [1.165, 1.54) is 5.56 Å². The van der Waals surface area contributed by atoms with Crippen molar-refractivity contribution < 1.29 is 0 Å². The fourth-order valence-electron chi connectivity index (χ4n) is 1.84. The molecule has 1 atom stereocenters. The van der Waals surface area contributed by atoms with Gasteiger partial charge in [-0.15, -0.1) is 0 Å². The Hall–Kier alpha value is -0.380. The highest BCUT2D eigenvalue weighted by atomic mass is 79.9. The van der Waals surface area contributed by atoms with Crippen molar-refractivity contribution in [3.05, 3.63) is 34.3 Å². The lowest BCUT2D eigenvalue weighted by atomic mass is 10.1. The van der Waals surface area contributed by atoms with Crippen LogP contribution >= 0.6 is 15.9 Å². The molecule has 15 heavy (non-hydrogen) atoms. The first-order valence-electron chi connectivity index (χ1n) is 5.45. The minimum atomic E-state index is 0.554. The van der Waals surface area contributed by atoms with Gasteiger partial charge in [-0.05, 0) is 31.0 Å². The Labute approximate surface area is 99.6 Å². The summed E-state index contributed by atoms with van der Waals surface area (Å²) in [4.78, 5) is 0. The lowest BCUT2D eigenvalue weighted by molar-refractivity contribution is 0.334. The Kier molecular flexibility index (Phi) is 3.78. The fraction of sp³-hybridized carbons (Fsp3) is 0.500. The second-order valence-electron chi connectivity index (χ2n) is 4.25. The zero-order valence-electron chi connectivity index (χ0n) is 8.96. The second kappa shape index (κ2) is 5.10. The molecular formula is C12H17BrN2. The SMILES string of the molecule is CC(Cc1ccc(Br)cc1)NC1CNC1. The molecule has 2 nitrogen and oxygen atoms in total. The topological polar surface area (TPSA) is 24.1 Å². The van der Waals surface area contributed by atoms with Crippen LogP contribution in [0.5, 0.6) is 0 Å². The van der Waals surface area contributed by atoms with Gasteiger partial charge >= 0.3 is 0 Å². The van der Waals surface area contributed by atoms with Crippen LogP contribution in [0.3, 0.4) is 0 Å². The van der Waals surface area contributed by atoms with E-state index in [1.807, 2.05) is 0 Å². The van der Waals surface area contributed by atoms with Crippen LogP contribution in [0, 0.1) is 0 Å². The molecular weight excluding hydrogens is 252 g/mol. The zero-order chi connectivity index (χ0) is 10.7. The third kappa shape index (κ3) is 3.30.